The van der Waals surface area contributed by atoms with Crippen molar-refractivity contribution in [1.82, 2.24) is 4.98 Å². The van der Waals surface area contributed by atoms with Gasteiger partial charge in [0.15, 0.2) is 0 Å². The van der Waals surface area contributed by atoms with E-state index in [0.29, 0.717) is 0 Å². The highest BCUT2D eigenvalue weighted by molar-refractivity contribution is 8.00. The van der Waals surface area contributed by atoms with Gasteiger partial charge in [0.1, 0.15) is 0 Å². The molecule has 0 aliphatic heterocycles. The number of fused-ring (bicyclic) bond motifs is 1. The summed E-state index contributed by atoms with van der Waals surface area (Å²) in [6.45, 7) is 10.5. The fourth-order valence-electron chi connectivity index (χ4n) is 1.74. The van der Waals surface area contributed by atoms with Gasteiger partial charge < -0.3 is 0 Å². The maximum absolute atomic E-state index is 4.37. The molecule has 2 rings (SSSR count). The normalized spacial score (nSPS) is 11.7. The van der Waals surface area contributed by atoms with Crippen LogP contribution in [0.1, 0.15) is 26.3 Å². The average Bonchev–Trinajstić information content (AvgIpc) is 2.26. The molecule has 1 nitrogen and oxygen atoms in total. The summed E-state index contributed by atoms with van der Waals surface area (Å²) in [5, 5.41) is 1.18. The van der Waals surface area contributed by atoms with Crippen LogP contribution in [-0.4, -0.2) is 9.73 Å². The predicted molar refractivity (Wildman–Crippen MR) is 77.4 cm³/mol. The fraction of sp³-hybridized carbons (Fsp3) is 0.267. The van der Waals surface area contributed by atoms with E-state index in [1.54, 1.807) is 0 Å². The maximum atomic E-state index is 4.37. The number of benzene rings is 1. The molecule has 1 aromatic carbocycles. The number of nitrogens with zero attached hydrogens (tertiary/aromatic N) is 1. The van der Waals surface area contributed by atoms with E-state index in [2.05, 4.69) is 50.5 Å². The summed E-state index contributed by atoms with van der Waals surface area (Å²) >= 11 is 1.87. The van der Waals surface area contributed by atoms with Crippen molar-refractivity contribution in [3.8, 4) is 0 Å². The molecule has 2 heteroatoms. The molecule has 0 spiro atoms. The summed E-state index contributed by atoms with van der Waals surface area (Å²) in [4.78, 5) is 5.65. The first-order valence-electron chi connectivity index (χ1n) is 5.70. The Hall–Kier alpha value is -1.28. The lowest BCUT2D eigenvalue weighted by Gasteiger charge is -2.17. The molecule has 0 atom stereocenters. The fourth-order valence-corrected chi connectivity index (χ4v) is 2.76. The average molecular weight is 243 g/mol. The molecule has 1 aromatic heterocycles. The van der Waals surface area contributed by atoms with Crippen molar-refractivity contribution in [1.29, 1.82) is 0 Å². The van der Waals surface area contributed by atoms with Gasteiger partial charge in [0, 0.05) is 21.2 Å². The van der Waals surface area contributed by atoms with Gasteiger partial charge in [-0.2, -0.15) is 0 Å². The van der Waals surface area contributed by atoms with E-state index in [1.807, 2.05) is 30.1 Å². The molecule has 0 aliphatic rings. The largest absolute Gasteiger partial charge is 0.256 e. The number of aromatic nitrogens is 1. The molecule has 0 fully saturated rings. The first kappa shape index (κ1) is 12.2. The summed E-state index contributed by atoms with van der Waals surface area (Å²) < 4.78 is 0.226. The summed E-state index contributed by atoms with van der Waals surface area (Å²) in [6, 6.07) is 8.42. The summed E-state index contributed by atoms with van der Waals surface area (Å²) in [7, 11) is 0. The van der Waals surface area contributed by atoms with Crippen LogP contribution < -0.4 is 0 Å². The van der Waals surface area contributed by atoms with Crippen LogP contribution in [-0.2, 0) is 0 Å². The number of thioether (sulfide) groups is 1. The van der Waals surface area contributed by atoms with E-state index >= 15 is 0 Å². The highest BCUT2D eigenvalue weighted by Gasteiger charge is 2.12. The van der Waals surface area contributed by atoms with Gasteiger partial charge in [0.05, 0.1) is 5.52 Å². The van der Waals surface area contributed by atoms with Crippen LogP contribution in [0.25, 0.3) is 17.0 Å². The number of hydrogen-bond acceptors (Lipinski definition) is 2. The third-order valence-electron chi connectivity index (χ3n) is 2.39. The molecule has 0 N–H and O–H groups in total. The predicted octanol–water partition coefficient (Wildman–Crippen LogP) is 4.77. The summed E-state index contributed by atoms with van der Waals surface area (Å²) in [5.74, 6) is 0. The van der Waals surface area contributed by atoms with Crippen LogP contribution in [0.3, 0.4) is 0 Å². The van der Waals surface area contributed by atoms with Crippen LogP contribution in [0.2, 0.25) is 0 Å². The van der Waals surface area contributed by atoms with Gasteiger partial charge in [-0.3, -0.25) is 4.98 Å². The highest BCUT2D eigenvalue weighted by Crippen LogP contribution is 2.33. The monoisotopic (exact) mass is 243 g/mol. The minimum Gasteiger partial charge on any atom is -0.256 e. The smallest absolute Gasteiger partial charge is 0.0708 e. The Bertz CT molecular complexity index is 552. The molecule has 0 bridgehead atoms. The molecule has 2 aromatic rings. The van der Waals surface area contributed by atoms with E-state index in [0.717, 1.165) is 11.1 Å². The molecular weight excluding hydrogens is 226 g/mol. The zero-order valence-corrected chi connectivity index (χ0v) is 11.3. The quantitative estimate of drug-likeness (QED) is 0.705. The van der Waals surface area contributed by atoms with Gasteiger partial charge in [-0.05, 0) is 29.8 Å². The highest BCUT2D eigenvalue weighted by atomic mass is 32.2. The Morgan fingerprint density at radius 1 is 1.24 bits per heavy atom. The van der Waals surface area contributed by atoms with E-state index in [9.17, 15) is 0 Å². The molecule has 0 amide bonds. The second kappa shape index (κ2) is 4.53. The van der Waals surface area contributed by atoms with Gasteiger partial charge in [-0.25, -0.2) is 0 Å². The van der Waals surface area contributed by atoms with Gasteiger partial charge in [0.25, 0.3) is 0 Å². The third-order valence-corrected chi connectivity index (χ3v) is 3.49. The van der Waals surface area contributed by atoms with Crippen molar-refractivity contribution in [2.45, 2.75) is 30.4 Å². The van der Waals surface area contributed by atoms with Crippen molar-refractivity contribution < 1.29 is 0 Å². The molecule has 17 heavy (non-hydrogen) atoms. The molecule has 0 unspecified atom stereocenters. The number of rotatable bonds is 2. The Morgan fingerprint density at radius 2 is 2.00 bits per heavy atom. The molecule has 1 heterocycles. The lowest BCUT2D eigenvalue weighted by molar-refractivity contribution is 0.803. The van der Waals surface area contributed by atoms with Gasteiger partial charge >= 0.3 is 0 Å². The molecule has 0 saturated carbocycles. The van der Waals surface area contributed by atoms with Crippen molar-refractivity contribution in [2.75, 3.05) is 0 Å². The standard InChI is InChI=1S/C15H17NS/c1-5-11-8-9-16-14-7-6-12(10-13(11)14)17-15(2,3)4/h5-10H,1H2,2-4H3. The van der Waals surface area contributed by atoms with E-state index in [-0.39, 0.29) is 4.75 Å². The van der Waals surface area contributed by atoms with Crippen LogP contribution in [0.5, 0.6) is 0 Å². The Kier molecular flexibility index (Phi) is 3.25. The van der Waals surface area contributed by atoms with Crippen molar-refractivity contribution in [3.05, 3.63) is 42.6 Å². The molecule has 0 aliphatic carbocycles. The summed E-state index contributed by atoms with van der Waals surface area (Å²) in [5.41, 5.74) is 2.17. The van der Waals surface area contributed by atoms with Gasteiger partial charge in [-0.15, -0.1) is 11.8 Å². The Labute approximate surface area is 107 Å². The van der Waals surface area contributed by atoms with Crippen molar-refractivity contribution >= 4 is 28.7 Å². The Balaban J connectivity index is 2.52. The summed E-state index contributed by atoms with van der Waals surface area (Å²) in [6.07, 6.45) is 3.71. The van der Waals surface area contributed by atoms with Crippen molar-refractivity contribution in [2.24, 2.45) is 0 Å². The van der Waals surface area contributed by atoms with Crippen LogP contribution in [0.15, 0.2) is 41.9 Å². The van der Waals surface area contributed by atoms with Crippen molar-refractivity contribution in [3.63, 3.8) is 0 Å². The van der Waals surface area contributed by atoms with Gasteiger partial charge in [0.2, 0.25) is 0 Å². The zero-order valence-electron chi connectivity index (χ0n) is 10.5. The number of hydrogen-bond donors (Lipinski definition) is 0. The molecule has 0 saturated heterocycles. The van der Waals surface area contributed by atoms with Gasteiger partial charge in [-0.1, -0.05) is 33.4 Å². The number of pyridine rings is 1. The second-order valence-corrected chi connectivity index (χ2v) is 6.90. The second-order valence-electron chi connectivity index (χ2n) is 5.00. The van der Waals surface area contributed by atoms with Crippen LogP contribution in [0, 0.1) is 0 Å². The molecular formula is C15H17NS. The first-order chi connectivity index (χ1) is 7.99. The van der Waals surface area contributed by atoms with E-state index in [1.165, 1.54) is 10.3 Å². The minimum atomic E-state index is 0.226. The van der Waals surface area contributed by atoms with Crippen LogP contribution in [0.4, 0.5) is 0 Å². The minimum absolute atomic E-state index is 0.226. The lowest BCUT2D eigenvalue weighted by Crippen LogP contribution is -2.06. The van der Waals surface area contributed by atoms with Crippen LogP contribution >= 0.6 is 11.8 Å². The topological polar surface area (TPSA) is 12.9 Å². The third kappa shape index (κ3) is 2.89. The first-order valence-corrected chi connectivity index (χ1v) is 6.51. The zero-order chi connectivity index (χ0) is 12.5. The molecule has 0 radical (unpaired) electrons. The maximum Gasteiger partial charge on any atom is 0.0708 e. The van der Waals surface area contributed by atoms with E-state index in [4.69, 9.17) is 0 Å². The SMILES string of the molecule is C=Cc1ccnc2ccc(SC(C)(C)C)cc12. The van der Waals surface area contributed by atoms with E-state index < -0.39 is 0 Å². The molecule has 88 valence electrons. The Morgan fingerprint density at radius 3 is 2.65 bits per heavy atom. The lowest BCUT2D eigenvalue weighted by atomic mass is 10.1.